The van der Waals surface area contributed by atoms with E-state index in [1.54, 1.807) is 13.1 Å². The molecule has 3 heterocycles. The maximum Gasteiger partial charge on any atom is 0.354 e. The van der Waals surface area contributed by atoms with Crippen LogP contribution in [0.5, 0.6) is 0 Å². The summed E-state index contributed by atoms with van der Waals surface area (Å²) in [7, 11) is 0. The molecular formula is C37H50FN7O2. The number of aromatic amines is 1. The highest BCUT2D eigenvalue weighted by molar-refractivity contribution is 5.83. The fraction of sp³-hybridized carbons (Fsp3) is 0.486. The number of fused-ring (bicyclic) bond motifs is 1. The number of hydrogen-bond donors (Lipinski definition) is 4. The first-order valence-electron chi connectivity index (χ1n) is 16.9. The molecule has 1 aliphatic heterocycles. The summed E-state index contributed by atoms with van der Waals surface area (Å²) in [4.78, 5) is 27.7. The molecule has 9 nitrogen and oxygen atoms in total. The molecule has 0 bridgehead atoms. The van der Waals surface area contributed by atoms with Gasteiger partial charge in [0, 0.05) is 55.0 Å². The molecule has 0 radical (unpaired) electrons. The number of rotatable bonds is 13. The van der Waals surface area contributed by atoms with E-state index in [2.05, 4.69) is 38.9 Å². The van der Waals surface area contributed by atoms with Crippen LogP contribution in [0.15, 0.2) is 58.4 Å². The Bertz CT molecular complexity index is 1740. The monoisotopic (exact) mass is 643 g/mol. The van der Waals surface area contributed by atoms with Crippen LogP contribution in [-0.2, 0) is 6.42 Å². The van der Waals surface area contributed by atoms with E-state index < -0.39 is 5.69 Å². The number of H-pyrrole nitrogens is 1. The maximum atomic E-state index is 15.3. The molecule has 10 heteroatoms. The van der Waals surface area contributed by atoms with Crippen LogP contribution < -0.4 is 17.2 Å². The van der Waals surface area contributed by atoms with Crippen molar-refractivity contribution in [2.45, 2.75) is 90.8 Å². The van der Waals surface area contributed by atoms with Gasteiger partial charge in [-0.1, -0.05) is 25.1 Å². The molecule has 0 unspecified atom stereocenters. The Morgan fingerprint density at radius 1 is 1.19 bits per heavy atom. The molecule has 0 aliphatic carbocycles. The van der Waals surface area contributed by atoms with Crippen LogP contribution >= 0.6 is 0 Å². The largest absolute Gasteiger partial charge is 0.396 e. The standard InChI is InChI=1S/C37H50FN7O2/c1-23(22-46)20-44-30(15-16-41-26(4)40)9-6-10-34(44)28-11-13-31(14-12-28)45-21-29-19-33(42-36(29)43-37(45)47)32-18-27(8-5-7-25(3)39)17-24(2)35(32)38/h11-14,17-19,21,23,25,30,34,46H,5-10,15-16,20,22,39H2,1-4H3,(H2,40,41)(H,42,43,47)/t23-,25-,30-,34-/m0/s1. The molecule has 1 saturated heterocycles. The molecule has 6 N–H and O–H groups in total. The molecule has 252 valence electrons. The Hall–Kier alpha value is -3.86. The molecule has 0 saturated carbocycles. The first-order valence-corrected chi connectivity index (χ1v) is 16.9. The first-order chi connectivity index (χ1) is 22.5. The predicted octanol–water partition coefficient (Wildman–Crippen LogP) is 5.79. The number of aliphatic hydroxyl groups excluding tert-OH is 1. The number of aromatic nitrogens is 3. The minimum atomic E-state index is -0.410. The second-order valence-electron chi connectivity index (χ2n) is 13.5. The Kier molecular flexibility index (Phi) is 11.3. The van der Waals surface area contributed by atoms with Gasteiger partial charge in [0.1, 0.15) is 11.5 Å². The van der Waals surface area contributed by atoms with Gasteiger partial charge in [-0.2, -0.15) is 4.98 Å². The van der Waals surface area contributed by atoms with Crippen LogP contribution in [0, 0.1) is 18.7 Å². The number of halogens is 1. The number of nitrogens with two attached hydrogens (primary N) is 2. The molecule has 0 spiro atoms. The third kappa shape index (κ3) is 8.36. The van der Waals surface area contributed by atoms with Crippen molar-refractivity contribution >= 4 is 16.9 Å². The average molecular weight is 644 g/mol. The van der Waals surface area contributed by atoms with Crippen molar-refractivity contribution in [1.29, 1.82) is 0 Å². The zero-order chi connectivity index (χ0) is 33.7. The lowest BCUT2D eigenvalue weighted by molar-refractivity contribution is 0.0519. The van der Waals surface area contributed by atoms with Gasteiger partial charge in [0.25, 0.3) is 0 Å². The third-order valence-corrected chi connectivity index (χ3v) is 9.34. The second-order valence-corrected chi connectivity index (χ2v) is 13.5. The van der Waals surface area contributed by atoms with Crippen LogP contribution in [0.3, 0.4) is 0 Å². The smallest absolute Gasteiger partial charge is 0.354 e. The summed E-state index contributed by atoms with van der Waals surface area (Å²) in [6.07, 6.45) is 8.56. The van der Waals surface area contributed by atoms with Crippen LogP contribution in [0.2, 0.25) is 0 Å². The predicted molar refractivity (Wildman–Crippen MR) is 189 cm³/mol. The minimum Gasteiger partial charge on any atom is -0.396 e. The summed E-state index contributed by atoms with van der Waals surface area (Å²) in [5, 5.41) is 10.6. The molecule has 47 heavy (non-hydrogen) atoms. The molecular weight excluding hydrogens is 593 g/mol. The van der Waals surface area contributed by atoms with Crippen LogP contribution in [0.4, 0.5) is 4.39 Å². The van der Waals surface area contributed by atoms with Crippen molar-refractivity contribution in [1.82, 2.24) is 19.4 Å². The van der Waals surface area contributed by atoms with E-state index in [0.29, 0.717) is 46.6 Å². The number of aliphatic imine (C=N–C) groups is 1. The number of likely N-dealkylation sites (tertiary alicyclic amines) is 1. The van der Waals surface area contributed by atoms with Crippen molar-refractivity contribution in [3.05, 3.63) is 81.7 Å². The zero-order valence-electron chi connectivity index (χ0n) is 28.2. The van der Waals surface area contributed by atoms with E-state index in [4.69, 9.17) is 11.5 Å². The number of piperidine rings is 1. The third-order valence-electron chi connectivity index (χ3n) is 9.34. The number of hydrogen-bond acceptors (Lipinski definition) is 6. The van der Waals surface area contributed by atoms with Gasteiger partial charge in [-0.3, -0.25) is 14.5 Å². The van der Waals surface area contributed by atoms with Gasteiger partial charge in [0.15, 0.2) is 0 Å². The van der Waals surface area contributed by atoms with Crippen LogP contribution in [0.1, 0.15) is 82.0 Å². The molecule has 0 amide bonds. The SMILES string of the molecule is CC(N)=NCC[C@@H]1CCC[C@@H](c2ccc(-n3cc4cc(-c5cc(CCC[C@H](C)N)cc(C)c5F)[nH]c4nc3=O)cc2)N1C[C@H](C)CO. The molecule has 1 aliphatic rings. The van der Waals surface area contributed by atoms with E-state index in [1.165, 1.54) is 10.1 Å². The number of benzene rings is 2. The maximum absolute atomic E-state index is 15.3. The Morgan fingerprint density at radius 2 is 1.96 bits per heavy atom. The van der Waals surface area contributed by atoms with Gasteiger partial charge in [-0.05, 0) is 113 Å². The van der Waals surface area contributed by atoms with Gasteiger partial charge in [-0.25, -0.2) is 9.18 Å². The highest BCUT2D eigenvalue weighted by Crippen LogP contribution is 2.37. The van der Waals surface area contributed by atoms with Crippen molar-refractivity contribution in [2.24, 2.45) is 22.4 Å². The highest BCUT2D eigenvalue weighted by atomic mass is 19.1. The molecule has 4 atom stereocenters. The Morgan fingerprint density at radius 3 is 2.66 bits per heavy atom. The van der Waals surface area contributed by atoms with Gasteiger partial charge >= 0.3 is 5.69 Å². The summed E-state index contributed by atoms with van der Waals surface area (Å²) in [6, 6.07) is 14.4. The van der Waals surface area contributed by atoms with E-state index in [9.17, 15) is 9.90 Å². The Balaban J connectivity index is 1.40. The van der Waals surface area contributed by atoms with Crippen molar-refractivity contribution < 1.29 is 9.50 Å². The second kappa shape index (κ2) is 15.4. The number of amidine groups is 1. The van der Waals surface area contributed by atoms with Crippen molar-refractivity contribution in [3.63, 3.8) is 0 Å². The lowest BCUT2D eigenvalue weighted by Crippen LogP contribution is -2.45. The topological polar surface area (TPSA) is 139 Å². The molecule has 5 rings (SSSR count). The molecule has 2 aromatic carbocycles. The summed E-state index contributed by atoms with van der Waals surface area (Å²) in [5.41, 5.74) is 16.3. The highest BCUT2D eigenvalue weighted by Gasteiger charge is 2.32. The molecule has 1 fully saturated rings. The lowest BCUT2D eigenvalue weighted by atomic mass is 9.88. The van der Waals surface area contributed by atoms with Crippen molar-refractivity contribution in [3.8, 4) is 16.9 Å². The first kappa shape index (κ1) is 34.5. The summed E-state index contributed by atoms with van der Waals surface area (Å²) in [5.74, 6) is 0.467. The zero-order valence-corrected chi connectivity index (χ0v) is 28.2. The van der Waals surface area contributed by atoms with E-state index >= 15 is 4.39 Å². The van der Waals surface area contributed by atoms with Crippen molar-refractivity contribution in [2.75, 3.05) is 19.7 Å². The quantitative estimate of drug-likeness (QED) is 0.108. The van der Waals surface area contributed by atoms with E-state index in [-0.39, 0.29) is 30.4 Å². The van der Waals surface area contributed by atoms with Gasteiger partial charge in [0.05, 0.1) is 17.2 Å². The summed E-state index contributed by atoms with van der Waals surface area (Å²) >= 11 is 0. The fourth-order valence-electron chi connectivity index (χ4n) is 6.88. The number of nitrogens with zero attached hydrogens (tertiary/aromatic N) is 4. The summed E-state index contributed by atoms with van der Waals surface area (Å²) in [6.45, 7) is 9.29. The van der Waals surface area contributed by atoms with Gasteiger partial charge in [-0.15, -0.1) is 0 Å². The van der Waals surface area contributed by atoms with Gasteiger partial charge in [0.2, 0.25) is 0 Å². The minimum absolute atomic E-state index is 0.131. The number of nitrogens with one attached hydrogen (secondary N) is 1. The average Bonchev–Trinajstić information content (AvgIpc) is 3.45. The lowest BCUT2D eigenvalue weighted by Gasteiger charge is -2.43. The molecule has 2 aromatic heterocycles. The molecule has 4 aromatic rings. The van der Waals surface area contributed by atoms with E-state index in [1.807, 2.05) is 44.2 Å². The summed E-state index contributed by atoms with van der Waals surface area (Å²) < 4.78 is 16.9. The Labute approximate surface area is 276 Å². The normalized spacial score (nSPS) is 18.9. The van der Waals surface area contributed by atoms with Crippen LogP contribution in [0.25, 0.3) is 28.0 Å². The fourth-order valence-corrected chi connectivity index (χ4v) is 6.88. The number of aryl methyl sites for hydroxylation is 2. The van der Waals surface area contributed by atoms with E-state index in [0.717, 1.165) is 62.4 Å². The van der Waals surface area contributed by atoms with Gasteiger partial charge < -0.3 is 21.6 Å². The van der Waals surface area contributed by atoms with Crippen LogP contribution in [-0.4, -0.2) is 62.2 Å². The number of aliphatic hydroxyl groups is 1.